The number of carbonyl (C=O) groups excluding carboxylic acids is 2. The van der Waals surface area contributed by atoms with Crippen molar-refractivity contribution in [1.82, 2.24) is 0 Å². The molecule has 1 aromatic carbocycles. The van der Waals surface area contributed by atoms with E-state index in [1.165, 1.54) is 0 Å². The van der Waals surface area contributed by atoms with E-state index >= 15 is 0 Å². The molecule has 1 unspecified atom stereocenters. The molecule has 0 saturated carbocycles. The van der Waals surface area contributed by atoms with Crippen LogP contribution in [0.5, 0.6) is 0 Å². The molecule has 6 heteroatoms. The van der Waals surface area contributed by atoms with Gasteiger partial charge in [-0.3, -0.25) is 4.79 Å². The van der Waals surface area contributed by atoms with Gasteiger partial charge in [-0.15, -0.1) is 0 Å². The van der Waals surface area contributed by atoms with E-state index in [1.54, 1.807) is 30.3 Å². The van der Waals surface area contributed by atoms with Crippen molar-refractivity contribution in [2.75, 3.05) is 13.2 Å². The SMILES string of the molecule is CCCCOCCC(OC(=O)/C=C/C(=O)O)C(=O)c1ccccc1. The van der Waals surface area contributed by atoms with Gasteiger partial charge in [0.15, 0.2) is 6.10 Å². The van der Waals surface area contributed by atoms with Crippen molar-refractivity contribution in [3.05, 3.63) is 48.0 Å². The molecule has 0 amide bonds. The molecule has 0 saturated heterocycles. The molecular weight excluding hydrogens is 312 g/mol. The third kappa shape index (κ3) is 7.69. The van der Waals surface area contributed by atoms with Crippen LogP contribution in [-0.4, -0.2) is 42.1 Å². The Morgan fingerprint density at radius 3 is 2.46 bits per heavy atom. The van der Waals surface area contributed by atoms with E-state index in [2.05, 4.69) is 0 Å². The fourth-order valence-electron chi connectivity index (χ4n) is 1.89. The standard InChI is InChI=1S/C18H22O6/c1-2-3-12-23-13-11-15(24-17(21)10-9-16(19)20)18(22)14-7-5-4-6-8-14/h4-10,15H,2-3,11-13H2,1H3,(H,19,20)/b10-9+. The smallest absolute Gasteiger partial charge is 0.331 e. The number of ether oxygens (including phenoxy) is 2. The molecular formula is C18H22O6. The minimum atomic E-state index is -1.26. The molecule has 1 atom stereocenters. The highest BCUT2D eigenvalue weighted by atomic mass is 16.5. The molecule has 1 aromatic rings. The van der Waals surface area contributed by atoms with E-state index in [4.69, 9.17) is 14.6 Å². The van der Waals surface area contributed by atoms with Crippen molar-refractivity contribution < 1.29 is 29.0 Å². The van der Waals surface area contributed by atoms with Crippen LogP contribution in [0.25, 0.3) is 0 Å². The van der Waals surface area contributed by atoms with Crippen LogP contribution in [0.2, 0.25) is 0 Å². The predicted molar refractivity (Wildman–Crippen MR) is 87.8 cm³/mol. The van der Waals surface area contributed by atoms with Crippen LogP contribution in [0.1, 0.15) is 36.5 Å². The van der Waals surface area contributed by atoms with Crippen molar-refractivity contribution in [3.8, 4) is 0 Å². The molecule has 0 radical (unpaired) electrons. The van der Waals surface area contributed by atoms with Gasteiger partial charge in [-0.25, -0.2) is 9.59 Å². The zero-order chi connectivity index (χ0) is 17.8. The number of ketones is 1. The fraction of sp³-hybridized carbons (Fsp3) is 0.389. The van der Waals surface area contributed by atoms with Gasteiger partial charge in [0, 0.05) is 30.7 Å². The zero-order valence-electron chi connectivity index (χ0n) is 13.6. The number of esters is 1. The van der Waals surface area contributed by atoms with Gasteiger partial charge in [0.25, 0.3) is 0 Å². The predicted octanol–water partition coefficient (Wildman–Crippen LogP) is 2.63. The second-order valence-corrected chi connectivity index (χ2v) is 5.08. The van der Waals surface area contributed by atoms with E-state index in [-0.39, 0.29) is 18.8 Å². The summed E-state index contributed by atoms with van der Waals surface area (Å²) in [5, 5.41) is 8.53. The largest absolute Gasteiger partial charge is 0.478 e. The van der Waals surface area contributed by atoms with Crippen molar-refractivity contribution in [2.45, 2.75) is 32.3 Å². The van der Waals surface area contributed by atoms with Gasteiger partial charge in [-0.05, 0) is 6.42 Å². The molecule has 0 bridgehead atoms. The summed E-state index contributed by atoms with van der Waals surface area (Å²) in [5.41, 5.74) is 0.422. The summed E-state index contributed by atoms with van der Waals surface area (Å²) in [6, 6.07) is 8.48. The average Bonchev–Trinajstić information content (AvgIpc) is 2.59. The highest BCUT2D eigenvalue weighted by molar-refractivity contribution is 6.01. The molecule has 6 nitrogen and oxygen atoms in total. The van der Waals surface area contributed by atoms with Crippen LogP contribution in [0.4, 0.5) is 0 Å². The van der Waals surface area contributed by atoms with E-state index in [9.17, 15) is 14.4 Å². The first kappa shape index (κ1) is 19.6. The van der Waals surface area contributed by atoms with Crippen LogP contribution in [0.15, 0.2) is 42.5 Å². The minimum absolute atomic E-state index is 0.212. The lowest BCUT2D eigenvalue weighted by molar-refractivity contribution is -0.142. The monoisotopic (exact) mass is 334 g/mol. The third-order valence-electron chi connectivity index (χ3n) is 3.14. The van der Waals surface area contributed by atoms with Crippen LogP contribution < -0.4 is 0 Å². The second-order valence-electron chi connectivity index (χ2n) is 5.08. The van der Waals surface area contributed by atoms with Gasteiger partial charge in [0.1, 0.15) is 0 Å². The Kier molecular flexibility index (Phi) is 9.07. The Balaban J connectivity index is 2.69. The molecule has 1 N–H and O–H groups in total. The van der Waals surface area contributed by atoms with Crippen molar-refractivity contribution in [1.29, 1.82) is 0 Å². The van der Waals surface area contributed by atoms with Crippen LogP contribution in [-0.2, 0) is 19.1 Å². The number of carboxylic acid groups (broad SMARTS) is 1. The first-order chi connectivity index (χ1) is 11.5. The zero-order valence-corrected chi connectivity index (χ0v) is 13.6. The van der Waals surface area contributed by atoms with Crippen LogP contribution in [0.3, 0.4) is 0 Å². The molecule has 1 rings (SSSR count). The lowest BCUT2D eigenvalue weighted by Gasteiger charge is -2.16. The third-order valence-corrected chi connectivity index (χ3v) is 3.14. The van der Waals surface area contributed by atoms with Gasteiger partial charge in [-0.2, -0.15) is 0 Å². The highest BCUT2D eigenvalue weighted by Gasteiger charge is 2.23. The normalized spacial score (nSPS) is 12.0. The maximum atomic E-state index is 12.5. The molecule has 0 heterocycles. The Hall–Kier alpha value is -2.47. The maximum absolute atomic E-state index is 12.5. The Bertz CT molecular complexity index is 564. The maximum Gasteiger partial charge on any atom is 0.331 e. The number of Topliss-reactive ketones (excluding diaryl/α,β-unsaturated/α-hetero) is 1. The highest BCUT2D eigenvalue weighted by Crippen LogP contribution is 2.11. The minimum Gasteiger partial charge on any atom is -0.478 e. The van der Waals surface area contributed by atoms with E-state index < -0.39 is 18.0 Å². The fourth-order valence-corrected chi connectivity index (χ4v) is 1.89. The molecule has 0 aliphatic heterocycles. The first-order valence-electron chi connectivity index (χ1n) is 7.83. The Labute approximate surface area is 141 Å². The van der Waals surface area contributed by atoms with Crippen LogP contribution >= 0.6 is 0 Å². The van der Waals surface area contributed by atoms with Crippen molar-refractivity contribution in [2.24, 2.45) is 0 Å². The molecule has 0 fully saturated rings. The number of rotatable bonds is 11. The Morgan fingerprint density at radius 2 is 1.83 bits per heavy atom. The number of aliphatic carboxylic acids is 1. The van der Waals surface area contributed by atoms with Gasteiger partial charge >= 0.3 is 11.9 Å². The number of carbonyl (C=O) groups is 3. The lowest BCUT2D eigenvalue weighted by Crippen LogP contribution is -2.28. The first-order valence-corrected chi connectivity index (χ1v) is 7.83. The van der Waals surface area contributed by atoms with Gasteiger partial charge in [0.05, 0.1) is 6.61 Å². The summed E-state index contributed by atoms with van der Waals surface area (Å²) in [5.74, 6) is -2.48. The van der Waals surface area contributed by atoms with Gasteiger partial charge < -0.3 is 14.6 Å². The van der Waals surface area contributed by atoms with E-state index in [0.29, 0.717) is 18.2 Å². The molecule has 0 aliphatic rings. The molecule has 130 valence electrons. The quantitative estimate of drug-likeness (QED) is 0.289. The van der Waals surface area contributed by atoms with Crippen molar-refractivity contribution in [3.63, 3.8) is 0 Å². The second kappa shape index (κ2) is 11.1. The van der Waals surface area contributed by atoms with E-state index in [1.807, 2.05) is 6.92 Å². The number of carboxylic acids is 1. The average molecular weight is 334 g/mol. The van der Waals surface area contributed by atoms with Gasteiger partial charge in [-0.1, -0.05) is 43.7 Å². The summed E-state index contributed by atoms with van der Waals surface area (Å²) in [6.07, 6.45) is 2.57. The topological polar surface area (TPSA) is 89.9 Å². The van der Waals surface area contributed by atoms with Crippen molar-refractivity contribution >= 4 is 17.7 Å². The summed E-state index contributed by atoms with van der Waals surface area (Å²) in [4.78, 5) is 34.6. The summed E-state index contributed by atoms with van der Waals surface area (Å²) < 4.78 is 10.5. The summed E-state index contributed by atoms with van der Waals surface area (Å²) in [7, 11) is 0. The summed E-state index contributed by atoms with van der Waals surface area (Å²) >= 11 is 0. The molecule has 0 aromatic heterocycles. The molecule has 0 spiro atoms. The number of unbranched alkanes of at least 4 members (excludes halogenated alkanes) is 1. The number of benzene rings is 1. The lowest BCUT2D eigenvalue weighted by atomic mass is 10.0. The number of hydrogen-bond donors (Lipinski definition) is 1. The number of hydrogen-bond acceptors (Lipinski definition) is 5. The Morgan fingerprint density at radius 1 is 1.12 bits per heavy atom. The molecule has 24 heavy (non-hydrogen) atoms. The summed E-state index contributed by atoms with van der Waals surface area (Å²) in [6.45, 7) is 2.90. The molecule has 0 aliphatic carbocycles. The van der Waals surface area contributed by atoms with Crippen LogP contribution in [0, 0.1) is 0 Å². The van der Waals surface area contributed by atoms with Gasteiger partial charge in [0.2, 0.25) is 5.78 Å². The van der Waals surface area contributed by atoms with E-state index in [0.717, 1.165) is 18.9 Å².